The lowest BCUT2D eigenvalue weighted by Crippen LogP contribution is -2.09. The molecular formula is C14H17N3. The van der Waals surface area contributed by atoms with Gasteiger partial charge in [-0.05, 0) is 26.8 Å². The first-order chi connectivity index (χ1) is 7.97. The number of nitrogens with zero attached hydrogens (tertiary/aromatic N) is 2. The highest BCUT2D eigenvalue weighted by atomic mass is 14.9. The van der Waals surface area contributed by atoms with E-state index < -0.39 is 0 Å². The molecule has 0 unspecified atom stereocenters. The number of hydrogen-bond acceptors (Lipinski definition) is 3. The molecule has 2 rings (SSSR count). The molecule has 0 amide bonds. The molecule has 1 aliphatic heterocycles. The van der Waals surface area contributed by atoms with E-state index >= 15 is 0 Å². The highest BCUT2D eigenvalue weighted by molar-refractivity contribution is 5.96. The third kappa shape index (κ3) is 2.61. The second kappa shape index (κ2) is 4.17. The number of fused-ring (bicyclic) bond motifs is 1. The third-order valence-electron chi connectivity index (χ3n) is 2.40. The molecule has 0 saturated heterocycles. The van der Waals surface area contributed by atoms with Gasteiger partial charge in [-0.2, -0.15) is 0 Å². The summed E-state index contributed by atoms with van der Waals surface area (Å²) < 4.78 is 0. The quantitative estimate of drug-likeness (QED) is 0.761. The van der Waals surface area contributed by atoms with Crippen LogP contribution in [0.5, 0.6) is 0 Å². The Labute approximate surface area is 102 Å². The van der Waals surface area contributed by atoms with Crippen LogP contribution in [0.4, 0.5) is 5.82 Å². The molecule has 1 aliphatic carbocycles. The Morgan fingerprint density at radius 3 is 2.59 bits per heavy atom. The van der Waals surface area contributed by atoms with Crippen LogP contribution in [-0.2, 0) is 0 Å². The molecule has 2 N–H and O–H groups in total. The van der Waals surface area contributed by atoms with Crippen molar-refractivity contribution >= 4 is 12.0 Å². The van der Waals surface area contributed by atoms with Gasteiger partial charge in [0.05, 0.1) is 11.2 Å². The van der Waals surface area contributed by atoms with Gasteiger partial charge in [-0.25, -0.2) is 4.98 Å². The van der Waals surface area contributed by atoms with E-state index in [1.54, 1.807) is 0 Å². The number of aliphatic imine (C=N–C) groups is 1. The minimum absolute atomic E-state index is 0.104. The van der Waals surface area contributed by atoms with E-state index in [4.69, 9.17) is 5.73 Å². The molecule has 3 nitrogen and oxygen atoms in total. The lowest BCUT2D eigenvalue weighted by atomic mass is 10.1. The summed E-state index contributed by atoms with van der Waals surface area (Å²) in [5, 5.41) is 0. The van der Waals surface area contributed by atoms with Crippen molar-refractivity contribution in [3.05, 3.63) is 35.9 Å². The van der Waals surface area contributed by atoms with Gasteiger partial charge in [0.25, 0.3) is 0 Å². The summed E-state index contributed by atoms with van der Waals surface area (Å²) in [7, 11) is 0. The maximum Gasteiger partial charge on any atom is 0.133 e. The number of rotatable bonds is 1. The number of anilines is 1. The molecule has 17 heavy (non-hydrogen) atoms. The van der Waals surface area contributed by atoms with Gasteiger partial charge < -0.3 is 5.73 Å². The van der Waals surface area contributed by atoms with E-state index in [1.807, 2.05) is 36.5 Å². The minimum Gasteiger partial charge on any atom is -0.383 e. The predicted octanol–water partition coefficient (Wildman–Crippen LogP) is 2.99. The van der Waals surface area contributed by atoms with Crippen molar-refractivity contribution in [1.29, 1.82) is 0 Å². The second-order valence-corrected chi connectivity index (χ2v) is 5.05. The lowest BCUT2D eigenvalue weighted by molar-refractivity contribution is 0.587. The molecule has 0 aromatic carbocycles. The van der Waals surface area contributed by atoms with Gasteiger partial charge in [0, 0.05) is 17.3 Å². The van der Waals surface area contributed by atoms with Crippen LogP contribution in [0.2, 0.25) is 0 Å². The molecule has 0 aromatic rings. The molecule has 0 fully saturated rings. The van der Waals surface area contributed by atoms with Gasteiger partial charge in [0.15, 0.2) is 0 Å². The summed E-state index contributed by atoms with van der Waals surface area (Å²) >= 11 is 0. The Hall–Kier alpha value is -1.90. The third-order valence-corrected chi connectivity index (χ3v) is 2.40. The van der Waals surface area contributed by atoms with Crippen molar-refractivity contribution in [3.8, 4) is 11.3 Å². The molecule has 0 aromatic heterocycles. The van der Waals surface area contributed by atoms with Crippen LogP contribution in [0, 0.1) is 0 Å². The largest absolute Gasteiger partial charge is 0.383 e. The van der Waals surface area contributed by atoms with Crippen molar-refractivity contribution in [2.45, 2.75) is 26.3 Å². The summed E-state index contributed by atoms with van der Waals surface area (Å²) in [5.74, 6) is 0.541. The molecule has 0 saturated carbocycles. The van der Waals surface area contributed by atoms with Crippen molar-refractivity contribution in [1.82, 2.24) is 4.98 Å². The molecule has 3 heteroatoms. The average molecular weight is 227 g/mol. The zero-order chi connectivity index (χ0) is 12.5. The fourth-order valence-electron chi connectivity index (χ4n) is 1.58. The first kappa shape index (κ1) is 11.6. The van der Waals surface area contributed by atoms with E-state index in [2.05, 4.69) is 30.7 Å². The number of hydrogen-bond donors (Lipinski definition) is 1. The standard InChI is InChI=1S/C14H17N3/c1-14(2,3)16-9-11-10-7-5-4-6-8-12(10)17-13(11)15/h4-9H,1-3H3,(H2,15,17). The summed E-state index contributed by atoms with van der Waals surface area (Å²) in [6.07, 6.45) is 1.82. The molecular weight excluding hydrogens is 210 g/mol. The van der Waals surface area contributed by atoms with Crippen LogP contribution < -0.4 is 5.73 Å². The first-order valence-corrected chi connectivity index (χ1v) is 5.67. The Morgan fingerprint density at radius 2 is 1.88 bits per heavy atom. The Morgan fingerprint density at radius 1 is 1.18 bits per heavy atom. The van der Waals surface area contributed by atoms with Crippen LogP contribution in [-0.4, -0.2) is 16.7 Å². The SMILES string of the molecule is CC(C)(C)N=Cc1c2cccccc-2nc1N. The average Bonchev–Trinajstić information content (AvgIpc) is 2.39. The number of nitrogens with two attached hydrogens (primary N) is 1. The topological polar surface area (TPSA) is 51.3 Å². The fourth-order valence-corrected chi connectivity index (χ4v) is 1.58. The highest BCUT2D eigenvalue weighted by Gasteiger charge is 2.14. The van der Waals surface area contributed by atoms with Crippen LogP contribution in [0.1, 0.15) is 26.3 Å². The number of nitrogen functional groups attached to an aromatic ring is 1. The van der Waals surface area contributed by atoms with Crippen molar-refractivity contribution in [2.24, 2.45) is 4.99 Å². The summed E-state index contributed by atoms with van der Waals surface area (Å²) in [4.78, 5) is 8.83. The Balaban J connectivity index is 2.50. The van der Waals surface area contributed by atoms with Crippen molar-refractivity contribution in [3.63, 3.8) is 0 Å². The van der Waals surface area contributed by atoms with Gasteiger partial charge in [-0.15, -0.1) is 0 Å². The van der Waals surface area contributed by atoms with Gasteiger partial charge in [0.1, 0.15) is 5.82 Å². The first-order valence-electron chi connectivity index (χ1n) is 5.67. The molecule has 88 valence electrons. The van der Waals surface area contributed by atoms with Gasteiger partial charge in [-0.3, -0.25) is 4.99 Å². The van der Waals surface area contributed by atoms with Crippen LogP contribution in [0.15, 0.2) is 35.3 Å². The normalized spacial score (nSPS) is 12.4. The molecule has 2 aliphatic rings. The van der Waals surface area contributed by atoms with Crippen molar-refractivity contribution < 1.29 is 0 Å². The maximum absolute atomic E-state index is 5.92. The fraction of sp³-hybridized carbons (Fsp3) is 0.286. The molecule has 0 atom stereocenters. The van der Waals surface area contributed by atoms with Gasteiger partial charge in [-0.1, -0.05) is 24.3 Å². The van der Waals surface area contributed by atoms with E-state index in [9.17, 15) is 0 Å². The number of aromatic nitrogens is 1. The van der Waals surface area contributed by atoms with E-state index in [0.717, 1.165) is 16.8 Å². The summed E-state index contributed by atoms with van der Waals surface area (Å²) in [6, 6.07) is 9.89. The van der Waals surface area contributed by atoms with Crippen LogP contribution in [0.25, 0.3) is 11.3 Å². The van der Waals surface area contributed by atoms with Gasteiger partial charge >= 0.3 is 0 Å². The molecule has 1 heterocycles. The van der Waals surface area contributed by atoms with E-state index in [-0.39, 0.29) is 5.54 Å². The van der Waals surface area contributed by atoms with E-state index in [1.165, 1.54) is 0 Å². The Kier molecular flexibility index (Phi) is 2.84. The summed E-state index contributed by atoms with van der Waals surface area (Å²) in [6.45, 7) is 6.16. The minimum atomic E-state index is -0.104. The van der Waals surface area contributed by atoms with Crippen LogP contribution >= 0.6 is 0 Å². The Bertz CT molecular complexity index is 524. The zero-order valence-electron chi connectivity index (χ0n) is 10.4. The molecule has 0 bridgehead atoms. The predicted molar refractivity (Wildman–Crippen MR) is 72.6 cm³/mol. The van der Waals surface area contributed by atoms with Crippen molar-refractivity contribution in [2.75, 3.05) is 5.73 Å². The zero-order valence-corrected chi connectivity index (χ0v) is 10.4. The highest BCUT2D eigenvalue weighted by Crippen LogP contribution is 2.28. The van der Waals surface area contributed by atoms with Gasteiger partial charge in [0.2, 0.25) is 0 Å². The smallest absolute Gasteiger partial charge is 0.133 e. The van der Waals surface area contributed by atoms with E-state index in [0.29, 0.717) is 5.82 Å². The monoisotopic (exact) mass is 227 g/mol. The summed E-state index contributed by atoms with van der Waals surface area (Å²) in [5.41, 5.74) is 8.67. The van der Waals surface area contributed by atoms with Crippen LogP contribution in [0.3, 0.4) is 0 Å². The molecule has 0 spiro atoms. The maximum atomic E-state index is 5.92. The second-order valence-electron chi connectivity index (χ2n) is 5.05. The lowest BCUT2D eigenvalue weighted by Gasteiger charge is -2.10. The molecule has 0 radical (unpaired) electrons.